The van der Waals surface area contributed by atoms with Gasteiger partial charge in [-0.2, -0.15) is 0 Å². The van der Waals surface area contributed by atoms with Crippen LogP contribution in [0.4, 0.5) is 4.79 Å². The van der Waals surface area contributed by atoms with Crippen molar-refractivity contribution in [1.82, 2.24) is 26.2 Å². The summed E-state index contributed by atoms with van der Waals surface area (Å²) in [5, 5.41) is 11.1. The first-order valence-electron chi connectivity index (χ1n) is 18.2. The second-order valence-electron chi connectivity index (χ2n) is 17.3. The number of likely N-dealkylation sites (tertiary alicyclic amines) is 1. The van der Waals surface area contributed by atoms with E-state index in [0.29, 0.717) is 25.7 Å². The Morgan fingerprint density at radius 2 is 1.59 bits per heavy atom. The third-order valence-electron chi connectivity index (χ3n) is 10.1. The van der Waals surface area contributed by atoms with Crippen molar-refractivity contribution in [3.63, 3.8) is 0 Å². The molecule has 1 saturated carbocycles. The predicted octanol–water partition coefficient (Wildman–Crippen LogP) is 4.04. The normalized spacial score (nSPS) is 20.7. The zero-order valence-electron chi connectivity index (χ0n) is 32.4. The molecule has 3 unspecified atom stereocenters. The van der Waals surface area contributed by atoms with E-state index in [4.69, 9.17) is 6.42 Å². The molecule has 0 aromatic rings. The summed E-state index contributed by atoms with van der Waals surface area (Å²) in [6, 6.07) is -3.93. The zero-order valence-corrected chi connectivity index (χ0v) is 33.2. The zero-order chi connectivity index (χ0) is 39.0. The molecule has 1 saturated heterocycles. The van der Waals surface area contributed by atoms with Gasteiger partial charge in [-0.3, -0.25) is 19.2 Å². The Morgan fingerprint density at radius 3 is 2.10 bits per heavy atom. The Bertz CT molecular complexity index is 1440. The van der Waals surface area contributed by atoms with Crippen LogP contribution in [0.5, 0.6) is 0 Å². The van der Waals surface area contributed by atoms with Crippen molar-refractivity contribution in [2.24, 2.45) is 16.7 Å². The molecular formula is C38H63N5O7S. The Balaban J connectivity index is 2.42. The van der Waals surface area contributed by atoms with Gasteiger partial charge in [0, 0.05) is 19.5 Å². The van der Waals surface area contributed by atoms with E-state index in [1.54, 1.807) is 26.8 Å². The average Bonchev–Trinajstić information content (AvgIpc) is 3.47. The van der Waals surface area contributed by atoms with Gasteiger partial charge in [-0.25, -0.2) is 13.2 Å². The Hall–Kier alpha value is -3.40. The van der Waals surface area contributed by atoms with Crippen LogP contribution in [-0.2, 0) is 29.0 Å². The monoisotopic (exact) mass is 733 g/mol. The minimum atomic E-state index is -3.58. The molecule has 0 radical (unpaired) electrons. The van der Waals surface area contributed by atoms with Crippen LogP contribution >= 0.6 is 0 Å². The number of carbonyl (C=O) groups is 5. The number of nitrogens with zero attached hydrogens (tertiary/aromatic N) is 1. The van der Waals surface area contributed by atoms with E-state index >= 15 is 0 Å². The molecule has 5 amide bonds. The van der Waals surface area contributed by atoms with Crippen molar-refractivity contribution in [1.29, 1.82) is 0 Å². The fourth-order valence-corrected chi connectivity index (χ4v) is 8.42. The molecule has 1 heterocycles. The van der Waals surface area contributed by atoms with Gasteiger partial charge in [0.15, 0.2) is 9.84 Å². The van der Waals surface area contributed by atoms with E-state index in [1.807, 2.05) is 41.5 Å². The summed E-state index contributed by atoms with van der Waals surface area (Å²) < 4.78 is 25.7. The standard InChI is InChI=1S/C38H63N5O7S/c1-12-14-19-27(29(44)32(46)39-23-15-13-2)40-31(45)28-26(35(3,4)5)20-24-43(28)33(47)30(36(6,7)8)41-34(48)42-38(21-17-16-18-22-38)25-51(49,50)37(9,10)11/h1,13,26-28,30H,2,14-25H2,3-11H3,(H,39,46)(H,40,45)(H2,41,42,48)/t26?,27?,28?,30-/m1/s1. The van der Waals surface area contributed by atoms with Gasteiger partial charge >= 0.3 is 6.03 Å². The quantitative estimate of drug-likeness (QED) is 0.0904. The molecule has 0 aromatic carbocycles. The van der Waals surface area contributed by atoms with Crippen LogP contribution in [0.15, 0.2) is 12.7 Å². The summed E-state index contributed by atoms with van der Waals surface area (Å²) in [5.74, 6) is -0.801. The molecule has 0 spiro atoms. The first-order valence-corrected chi connectivity index (χ1v) is 19.8. The number of rotatable bonds is 14. The fourth-order valence-electron chi connectivity index (χ4n) is 6.89. The van der Waals surface area contributed by atoms with E-state index in [2.05, 4.69) is 33.8 Å². The lowest BCUT2D eigenvalue weighted by molar-refractivity contribution is -0.145. The highest BCUT2D eigenvalue weighted by Crippen LogP contribution is 2.40. The summed E-state index contributed by atoms with van der Waals surface area (Å²) in [6.45, 7) is 20.3. The molecule has 1 aliphatic heterocycles. The topological polar surface area (TPSA) is 171 Å². The SMILES string of the molecule is C#CCCC(NC(=O)C1C(C(C)(C)C)CCN1C(=O)[C@@H](NC(=O)NC1(CS(=O)(=O)C(C)(C)C)CCCCC1)C(C)(C)C)C(=O)C(=O)NCCC=C. The van der Waals surface area contributed by atoms with Crippen molar-refractivity contribution < 1.29 is 32.4 Å². The summed E-state index contributed by atoms with van der Waals surface area (Å²) in [6.07, 6.45) is 11.7. The number of amides is 5. The highest BCUT2D eigenvalue weighted by atomic mass is 32.2. The van der Waals surface area contributed by atoms with Crippen molar-refractivity contribution in [3.8, 4) is 12.3 Å². The molecule has 1 aliphatic carbocycles. The largest absolute Gasteiger partial charge is 0.349 e. The summed E-state index contributed by atoms with van der Waals surface area (Å²) in [5.41, 5.74) is -2.21. The van der Waals surface area contributed by atoms with E-state index in [9.17, 15) is 32.4 Å². The predicted molar refractivity (Wildman–Crippen MR) is 200 cm³/mol. The summed E-state index contributed by atoms with van der Waals surface area (Å²) >= 11 is 0. The number of terminal acetylenes is 1. The molecule has 2 fully saturated rings. The lowest BCUT2D eigenvalue weighted by Gasteiger charge is -2.41. The number of carbonyl (C=O) groups excluding carboxylic acids is 5. The number of sulfone groups is 1. The molecule has 2 rings (SSSR count). The lowest BCUT2D eigenvalue weighted by atomic mass is 9.75. The minimum absolute atomic E-state index is 0.0375. The maximum atomic E-state index is 14.5. The number of Topliss-reactive ketones (excluding diaryl/α,β-unsaturated/α-hetero) is 1. The van der Waals surface area contributed by atoms with Crippen molar-refractivity contribution >= 4 is 39.4 Å². The van der Waals surface area contributed by atoms with Crippen LogP contribution in [0.3, 0.4) is 0 Å². The van der Waals surface area contributed by atoms with E-state index in [-0.39, 0.29) is 37.6 Å². The first kappa shape index (κ1) is 43.8. The van der Waals surface area contributed by atoms with E-state index in [1.165, 1.54) is 4.90 Å². The molecule has 4 N–H and O–H groups in total. The maximum absolute atomic E-state index is 14.5. The number of hydrogen-bond donors (Lipinski definition) is 4. The van der Waals surface area contributed by atoms with Gasteiger partial charge in [-0.05, 0) is 69.6 Å². The molecule has 12 nitrogen and oxygen atoms in total. The highest BCUT2D eigenvalue weighted by Gasteiger charge is 2.50. The van der Waals surface area contributed by atoms with E-state index < -0.39 is 78.6 Å². The molecule has 13 heteroatoms. The van der Waals surface area contributed by atoms with Gasteiger partial charge in [0.05, 0.1) is 22.1 Å². The number of nitrogens with one attached hydrogen (secondary N) is 4. The average molecular weight is 734 g/mol. The summed E-state index contributed by atoms with van der Waals surface area (Å²) in [7, 11) is -3.58. The molecule has 2 aliphatic rings. The van der Waals surface area contributed by atoms with Crippen LogP contribution in [0.1, 0.15) is 120 Å². The van der Waals surface area contributed by atoms with E-state index in [0.717, 1.165) is 19.3 Å². The molecule has 4 atom stereocenters. The fraction of sp³-hybridized carbons (Fsp3) is 0.763. The van der Waals surface area contributed by atoms with Crippen LogP contribution in [0, 0.1) is 29.1 Å². The van der Waals surface area contributed by atoms with Crippen LogP contribution < -0.4 is 21.3 Å². The molecule has 0 bridgehead atoms. The minimum Gasteiger partial charge on any atom is -0.349 e. The number of ketones is 1. The second-order valence-corrected chi connectivity index (χ2v) is 20.1. The highest BCUT2D eigenvalue weighted by molar-refractivity contribution is 7.92. The van der Waals surface area contributed by atoms with Gasteiger partial charge in [0.25, 0.3) is 5.91 Å². The maximum Gasteiger partial charge on any atom is 0.315 e. The Morgan fingerprint density at radius 1 is 0.980 bits per heavy atom. The van der Waals surface area contributed by atoms with Gasteiger partial charge in [-0.1, -0.05) is 66.9 Å². The molecule has 51 heavy (non-hydrogen) atoms. The van der Waals surface area contributed by atoms with Gasteiger partial charge < -0.3 is 26.2 Å². The van der Waals surface area contributed by atoms with Gasteiger partial charge in [0.2, 0.25) is 17.6 Å². The third-order valence-corrected chi connectivity index (χ3v) is 12.9. The van der Waals surface area contributed by atoms with Crippen LogP contribution in [-0.4, -0.2) is 90.1 Å². The molecule has 0 aromatic heterocycles. The van der Waals surface area contributed by atoms with Gasteiger partial charge in [-0.15, -0.1) is 18.9 Å². The van der Waals surface area contributed by atoms with Crippen molar-refractivity contribution in [2.75, 3.05) is 18.8 Å². The Labute approximate surface area is 306 Å². The number of hydrogen-bond acceptors (Lipinski definition) is 7. The van der Waals surface area contributed by atoms with Crippen LogP contribution in [0.25, 0.3) is 0 Å². The second kappa shape index (κ2) is 17.4. The number of urea groups is 1. The van der Waals surface area contributed by atoms with Gasteiger partial charge in [0.1, 0.15) is 12.1 Å². The van der Waals surface area contributed by atoms with Crippen molar-refractivity contribution in [2.45, 2.75) is 149 Å². The first-order chi connectivity index (χ1) is 23.4. The smallest absolute Gasteiger partial charge is 0.315 e. The summed E-state index contributed by atoms with van der Waals surface area (Å²) in [4.78, 5) is 69.8. The molecular weight excluding hydrogens is 671 g/mol. The van der Waals surface area contributed by atoms with Crippen LogP contribution in [0.2, 0.25) is 0 Å². The third kappa shape index (κ3) is 11.8. The van der Waals surface area contributed by atoms with Crippen molar-refractivity contribution in [3.05, 3.63) is 12.7 Å². The lowest BCUT2D eigenvalue weighted by Crippen LogP contribution is -2.64. The Kier molecular flexibility index (Phi) is 14.9. The molecule has 288 valence electrons.